The number of carbonyl (C=O) groups excluding carboxylic acids is 1. The molecule has 1 fully saturated rings. The zero-order valence-corrected chi connectivity index (χ0v) is 12.8. The zero-order chi connectivity index (χ0) is 15.5. The van der Waals surface area contributed by atoms with E-state index in [-0.39, 0.29) is 11.8 Å². The topological polar surface area (TPSA) is 66.4 Å². The van der Waals surface area contributed by atoms with Crippen molar-refractivity contribution >= 4 is 11.9 Å². The van der Waals surface area contributed by atoms with Gasteiger partial charge in [-0.15, -0.1) is 0 Å². The molecule has 2 N–H and O–H groups in total. The zero-order valence-electron chi connectivity index (χ0n) is 12.8. The maximum absolute atomic E-state index is 12.3. The highest BCUT2D eigenvalue weighted by molar-refractivity contribution is 5.84. The predicted molar refractivity (Wildman–Crippen MR) is 83.6 cm³/mol. The third-order valence-corrected chi connectivity index (χ3v) is 4.82. The summed E-state index contributed by atoms with van der Waals surface area (Å²) in [6.45, 7) is 0. The van der Waals surface area contributed by atoms with Crippen molar-refractivity contribution in [1.82, 2.24) is 5.32 Å². The van der Waals surface area contributed by atoms with Gasteiger partial charge < -0.3 is 10.4 Å². The molecule has 2 aliphatic carbocycles. The number of rotatable bonds is 6. The minimum Gasteiger partial charge on any atom is -0.480 e. The van der Waals surface area contributed by atoms with Gasteiger partial charge in [0.15, 0.2) is 0 Å². The van der Waals surface area contributed by atoms with E-state index >= 15 is 0 Å². The van der Waals surface area contributed by atoms with Gasteiger partial charge in [-0.25, -0.2) is 4.79 Å². The summed E-state index contributed by atoms with van der Waals surface area (Å²) in [6, 6.07) is 7.57. The van der Waals surface area contributed by atoms with Crippen molar-refractivity contribution in [1.29, 1.82) is 0 Å². The van der Waals surface area contributed by atoms with E-state index in [1.54, 1.807) is 0 Å². The van der Waals surface area contributed by atoms with Crippen LogP contribution in [0.4, 0.5) is 0 Å². The van der Waals surface area contributed by atoms with E-state index in [1.807, 2.05) is 12.1 Å². The number of aryl methyl sites for hydroxylation is 1. The first-order chi connectivity index (χ1) is 10.6. The van der Waals surface area contributed by atoms with E-state index in [4.69, 9.17) is 0 Å². The van der Waals surface area contributed by atoms with Gasteiger partial charge in [-0.05, 0) is 48.6 Å². The Morgan fingerprint density at radius 2 is 2.00 bits per heavy atom. The second-order valence-corrected chi connectivity index (χ2v) is 6.63. The third kappa shape index (κ3) is 3.67. The standard InChI is InChI=1S/C18H23NO3/c20-17(19-16(18(21)22)10-12-8-9-12)11-14-6-3-5-13-4-1-2-7-15(13)14/h1-2,4,7,12,14,16H,3,5-6,8-11H2,(H,19,20)(H,21,22). The summed E-state index contributed by atoms with van der Waals surface area (Å²) in [5.74, 6) is -0.337. The molecule has 2 atom stereocenters. The predicted octanol–water partition coefficient (Wildman–Crippen LogP) is 2.87. The minimum atomic E-state index is -0.913. The highest BCUT2D eigenvalue weighted by Gasteiger charge is 2.31. The van der Waals surface area contributed by atoms with Crippen LogP contribution in [0, 0.1) is 5.92 Å². The van der Waals surface area contributed by atoms with Gasteiger partial charge in [0.2, 0.25) is 5.91 Å². The van der Waals surface area contributed by atoms with Crippen molar-refractivity contribution in [2.24, 2.45) is 5.92 Å². The Bertz CT molecular complexity index is 565. The van der Waals surface area contributed by atoms with Crippen molar-refractivity contribution in [3.8, 4) is 0 Å². The van der Waals surface area contributed by atoms with Crippen LogP contribution in [0.15, 0.2) is 24.3 Å². The summed E-state index contributed by atoms with van der Waals surface area (Å²) in [7, 11) is 0. The molecule has 0 radical (unpaired) electrons. The second kappa shape index (κ2) is 6.51. The van der Waals surface area contributed by atoms with E-state index in [9.17, 15) is 14.7 Å². The van der Waals surface area contributed by atoms with E-state index in [0.29, 0.717) is 18.8 Å². The van der Waals surface area contributed by atoms with Crippen LogP contribution < -0.4 is 5.32 Å². The number of carbonyl (C=O) groups is 2. The van der Waals surface area contributed by atoms with Crippen molar-refractivity contribution in [3.63, 3.8) is 0 Å². The van der Waals surface area contributed by atoms with Crippen LogP contribution in [0.2, 0.25) is 0 Å². The van der Waals surface area contributed by atoms with Gasteiger partial charge in [-0.1, -0.05) is 37.1 Å². The maximum atomic E-state index is 12.3. The lowest BCUT2D eigenvalue weighted by Crippen LogP contribution is -2.41. The smallest absolute Gasteiger partial charge is 0.326 e. The maximum Gasteiger partial charge on any atom is 0.326 e. The summed E-state index contributed by atoms with van der Waals surface area (Å²) < 4.78 is 0. The van der Waals surface area contributed by atoms with Crippen LogP contribution in [0.1, 0.15) is 55.6 Å². The largest absolute Gasteiger partial charge is 0.480 e. The molecule has 22 heavy (non-hydrogen) atoms. The molecule has 1 amide bonds. The normalized spacial score (nSPS) is 21.7. The fourth-order valence-corrected chi connectivity index (χ4v) is 3.45. The van der Waals surface area contributed by atoms with Gasteiger partial charge in [-0.2, -0.15) is 0 Å². The Morgan fingerprint density at radius 3 is 2.73 bits per heavy atom. The Labute approximate surface area is 130 Å². The summed E-state index contributed by atoms with van der Waals surface area (Å²) in [4.78, 5) is 23.5. The van der Waals surface area contributed by atoms with Gasteiger partial charge in [-0.3, -0.25) is 4.79 Å². The van der Waals surface area contributed by atoms with Crippen LogP contribution in [0.5, 0.6) is 0 Å². The van der Waals surface area contributed by atoms with E-state index in [2.05, 4.69) is 17.4 Å². The van der Waals surface area contributed by atoms with Crippen LogP contribution in [-0.2, 0) is 16.0 Å². The van der Waals surface area contributed by atoms with Crippen molar-refractivity contribution in [2.45, 2.75) is 56.9 Å². The number of aliphatic carboxylic acids is 1. The Kier molecular flexibility index (Phi) is 4.46. The van der Waals surface area contributed by atoms with E-state index in [1.165, 1.54) is 11.1 Å². The van der Waals surface area contributed by atoms with Crippen LogP contribution in [-0.4, -0.2) is 23.0 Å². The van der Waals surface area contributed by atoms with E-state index in [0.717, 1.165) is 32.1 Å². The number of nitrogens with one attached hydrogen (secondary N) is 1. The van der Waals surface area contributed by atoms with Crippen LogP contribution in [0.3, 0.4) is 0 Å². The molecule has 1 saturated carbocycles. The molecule has 2 unspecified atom stereocenters. The SMILES string of the molecule is O=C(CC1CCCc2ccccc21)NC(CC1CC1)C(=O)O. The Hall–Kier alpha value is -1.84. The van der Waals surface area contributed by atoms with Gasteiger partial charge >= 0.3 is 5.97 Å². The molecule has 4 nitrogen and oxygen atoms in total. The van der Waals surface area contributed by atoms with Crippen molar-refractivity contribution < 1.29 is 14.7 Å². The fourth-order valence-electron chi connectivity index (χ4n) is 3.45. The summed E-state index contributed by atoms with van der Waals surface area (Å²) >= 11 is 0. The van der Waals surface area contributed by atoms with Crippen molar-refractivity contribution in [3.05, 3.63) is 35.4 Å². The molecular formula is C18H23NO3. The average Bonchev–Trinajstić information content (AvgIpc) is 3.31. The summed E-state index contributed by atoms with van der Waals surface area (Å²) in [5.41, 5.74) is 2.59. The molecule has 0 aliphatic heterocycles. The lowest BCUT2D eigenvalue weighted by molar-refractivity contribution is -0.142. The highest BCUT2D eigenvalue weighted by Crippen LogP contribution is 2.35. The molecule has 118 valence electrons. The fraction of sp³-hybridized carbons (Fsp3) is 0.556. The lowest BCUT2D eigenvalue weighted by Gasteiger charge is -2.25. The number of carboxylic acids is 1. The van der Waals surface area contributed by atoms with Crippen LogP contribution in [0.25, 0.3) is 0 Å². The van der Waals surface area contributed by atoms with Gasteiger partial charge in [0.05, 0.1) is 0 Å². The number of benzene rings is 1. The Balaban J connectivity index is 1.60. The molecule has 1 aromatic rings. The molecule has 2 aliphatic rings. The number of fused-ring (bicyclic) bond motifs is 1. The summed E-state index contributed by atoms with van der Waals surface area (Å²) in [5, 5.41) is 12.0. The molecular weight excluding hydrogens is 278 g/mol. The molecule has 4 heteroatoms. The molecule has 1 aromatic carbocycles. The quantitative estimate of drug-likeness (QED) is 0.849. The Morgan fingerprint density at radius 1 is 1.23 bits per heavy atom. The minimum absolute atomic E-state index is 0.130. The molecule has 0 heterocycles. The summed E-state index contributed by atoms with van der Waals surface area (Å²) in [6.07, 6.45) is 6.33. The molecule has 0 bridgehead atoms. The lowest BCUT2D eigenvalue weighted by atomic mass is 9.81. The first kappa shape index (κ1) is 15.1. The third-order valence-electron chi connectivity index (χ3n) is 4.82. The van der Waals surface area contributed by atoms with E-state index < -0.39 is 12.0 Å². The number of hydrogen-bond donors (Lipinski definition) is 2. The molecule has 3 rings (SSSR count). The monoisotopic (exact) mass is 301 g/mol. The van der Waals surface area contributed by atoms with Gasteiger partial charge in [0.25, 0.3) is 0 Å². The van der Waals surface area contributed by atoms with Crippen LogP contribution >= 0.6 is 0 Å². The highest BCUT2D eigenvalue weighted by atomic mass is 16.4. The molecule has 0 aromatic heterocycles. The number of carboxylic acid groups (broad SMARTS) is 1. The van der Waals surface area contributed by atoms with Gasteiger partial charge in [0.1, 0.15) is 6.04 Å². The van der Waals surface area contributed by atoms with Gasteiger partial charge in [0, 0.05) is 6.42 Å². The first-order valence-electron chi connectivity index (χ1n) is 8.23. The number of hydrogen-bond acceptors (Lipinski definition) is 2. The molecule has 0 saturated heterocycles. The second-order valence-electron chi connectivity index (χ2n) is 6.63. The average molecular weight is 301 g/mol. The first-order valence-corrected chi connectivity index (χ1v) is 8.23. The number of amides is 1. The van der Waals surface area contributed by atoms with Crippen molar-refractivity contribution in [2.75, 3.05) is 0 Å². The molecule has 0 spiro atoms.